The van der Waals surface area contributed by atoms with Crippen LogP contribution in [0.15, 0.2) is 36.7 Å². The summed E-state index contributed by atoms with van der Waals surface area (Å²) in [5, 5.41) is 11.0. The second-order valence-electron chi connectivity index (χ2n) is 6.61. The maximum absolute atomic E-state index is 12.0. The van der Waals surface area contributed by atoms with Gasteiger partial charge in [0.2, 0.25) is 0 Å². The Hall–Kier alpha value is -2.74. The van der Waals surface area contributed by atoms with Gasteiger partial charge in [-0.15, -0.1) is 5.10 Å². The van der Waals surface area contributed by atoms with E-state index in [1.807, 2.05) is 25.2 Å². The highest BCUT2D eigenvalue weighted by molar-refractivity contribution is 5.94. The quantitative estimate of drug-likeness (QED) is 0.702. The molecule has 1 amide bonds. The maximum atomic E-state index is 12.0. The van der Waals surface area contributed by atoms with Crippen molar-refractivity contribution >= 4 is 17.5 Å². The molecule has 8 heteroatoms. The van der Waals surface area contributed by atoms with Crippen LogP contribution in [-0.4, -0.2) is 67.5 Å². The molecule has 1 N–H and O–H groups in total. The van der Waals surface area contributed by atoms with Crippen molar-refractivity contribution in [2.24, 2.45) is 0 Å². The number of amides is 1. The average molecular weight is 370 g/mol. The van der Waals surface area contributed by atoms with Gasteiger partial charge in [0.1, 0.15) is 5.82 Å². The van der Waals surface area contributed by atoms with Crippen LogP contribution >= 0.6 is 0 Å². The topological polar surface area (TPSA) is 83.5 Å². The van der Waals surface area contributed by atoms with Gasteiger partial charge in [-0.05, 0) is 37.1 Å². The molecule has 1 saturated heterocycles. The molecule has 3 rings (SSSR count). The average Bonchev–Trinajstić information content (AvgIpc) is 3.17. The van der Waals surface area contributed by atoms with E-state index in [1.54, 1.807) is 25.6 Å². The molecule has 1 fully saturated rings. The second kappa shape index (κ2) is 9.27. The number of methoxy groups -OCH3 is 1. The van der Waals surface area contributed by atoms with Crippen molar-refractivity contribution in [3.05, 3.63) is 42.2 Å². The fourth-order valence-electron chi connectivity index (χ4n) is 3.30. The van der Waals surface area contributed by atoms with E-state index in [0.717, 1.165) is 37.6 Å². The molecule has 144 valence electrons. The highest BCUT2D eigenvalue weighted by Crippen LogP contribution is 2.24. The number of anilines is 2. The van der Waals surface area contributed by atoms with Crippen LogP contribution in [0.5, 0.6) is 0 Å². The van der Waals surface area contributed by atoms with E-state index in [2.05, 4.69) is 30.3 Å². The molecular weight excluding hydrogens is 344 g/mol. The molecule has 2 aromatic heterocycles. The van der Waals surface area contributed by atoms with Gasteiger partial charge < -0.3 is 19.9 Å². The van der Waals surface area contributed by atoms with Gasteiger partial charge in [-0.3, -0.25) is 4.79 Å². The molecule has 8 nitrogen and oxygen atoms in total. The molecule has 0 saturated carbocycles. The number of hydrogen-bond acceptors (Lipinski definition) is 7. The molecular formula is C19H26N6O2. The summed E-state index contributed by atoms with van der Waals surface area (Å²) < 4.78 is 4.93. The molecule has 0 bridgehead atoms. The third kappa shape index (κ3) is 4.91. The van der Waals surface area contributed by atoms with Gasteiger partial charge in [0, 0.05) is 52.2 Å². The molecule has 1 aliphatic heterocycles. The molecule has 0 aliphatic carbocycles. The Bertz CT molecular complexity index is 725. The lowest BCUT2D eigenvalue weighted by Crippen LogP contribution is -2.39. The molecule has 1 unspecified atom stereocenters. The van der Waals surface area contributed by atoms with Crippen LogP contribution in [0.3, 0.4) is 0 Å². The van der Waals surface area contributed by atoms with Crippen LogP contribution in [0, 0.1) is 0 Å². The molecule has 0 radical (unpaired) electrons. The zero-order valence-corrected chi connectivity index (χ0v) is 15.8. The predicted molar refractivity (Wildman–Crippen MR) is 104 cm³/mol. The SMILES string of the molecule is COCCNC(=O)c1ccc(N(C)CC2CCCN2c2cccnn2)nc1. The first-order chi connectivity index (χ1) is 13.2. The van der Waals surface area contributed by atoms with Gasteiger partial charge in [0.05, 0.1) is 12.2 Å². The highest BCUT2D eigenvalue weighted by Gasteiger charge is 2.27. The Morgan fingerprint density at radius 1 is 1.41 bits per heavy atom. The fraction of sp³-hybridized carbons (Fsp3) is 0.474. The highest BCUT2D eigenvalue weighted by atomic mass is 16.5. The zero-order valence-electron chi connectivity index (χ0n) is 15.8. The summed E-state index contributed by atoms with van der Waals surface area (Å²) in [6, 6.07) is 7.97. The van der Waals surface area contributed by atoms with Gasteiger partial charge >= 0.3 is 0 Å². The smallest absolute Gasteiger partial charge is 0.252 e. The van der Waals surface area contributed by atoms with Gasteiger partial charge in [0.15, 0.2) is 5.82 Å². The van der Waals surface area contributed by atoms with E-state index >= 15 is 0 Å². The molecule has 27 heavy (non-hydrogen) atoms. The summed E-state index contributed by atoms with van der Waals surface area (Å²) in [6.07, 6.45) is 5.56. The minimum Gasteiger partial charge on any atom is -0.383 e. The number of nitrogens with one attached hydrogen (secondary N) is 1. The van der Waals surface area contributed by atoms with Crippen LogP contribution in [0.1, 0.15) is 23.2 Å². The maximum Gasteiger partial charge on any atom is 0.252 e. The van der Waals surface area contributed by atoms with Gasteiger partial charge in [-0.1, -0.05) is 0 Å². The predicted octanol–water partition coefficient (Wildman–Crippen LogP) is 1.35. The van der Waals surface area contributed by atoms with Crippen molar-refractivity contribution in [1.29, 1.82) is 0 Å². The number of hydrogen-bond donors (Lipinski definition) is 1. The summed E-state index contributed by atoms with van der Waals surface area (Å²) >= 11 is 0. The van der Waals surface area contributed by atoms with Crippen molar-refractivity contribution < 1.29 is 9.53 Å². The molecule has 1 atom stereocenters. The number of carbonyl (C=O) groups is 1. The number of ether oxygens (including phenoxy) is 1. The van der Waals surface area contributed by atoms with Gasteiger partial charge in [-0.2, -0.15) is 5.10 Å². The number of carbonyl (C=O) groups excluding carboxylic acids is 1. The lowest BCUT2D eigenvalue weighted by atomic mass is 10.2. The van der Waals surface area contributed by atoms with Gasteiger partial charge in [0.25, 0.3) is 5.91 Å². The summed E-state index contributed by atoms with van der Waals surface area (Å²) in [5.41, 5.74) is 0.547. The number of rotatable bonds is 8. The lowest BCUT2D eigenvalue weighted by Gasteiger charge is -2.29. The van der Waals surface area contributed by atoms with Crippen molar-refractivity contribution in [1.82, 2.24) is 20.5 Å². The summed E-state index contributed by atoms with van der Waals surface area (Å²) in [4.78, 5) is 20.9. The number of aromatic nitrogens is 3. The van der Waals surface area contributed by atoms with Crippen molar-refractivity contribution in [3.63, 3.8) is 0 Å². The molecule has 0 spiro atoms. The third-order valence-corrected chi connectivity index (χ3v) is 4.71. The van der Waals surface area contributed by atoms with E-state index in [0.29, 0.717) is 24.8 Å². The first-order valence-corrected chi connectivity index (χ1v) is 9.17. The standard InChI is InChI=1S/C19H26N6O2/c1-24(14-16-5-4-11-25(16)18-6-3-9-22-23-18)17-8-7-15(13-21-17)19(26)20-10-12-27-2/h3,6-9,13,16H,4-5,10-12,14H2,1-2H3,(H,20,26). The Balaban J connectivity index is 1.59. The molecule has 3 heterocycles. The van der Waals surface area contributed by atoms with Crippen molar-refractivity contribution in [3.8, 4) is 0 Å². The minimum absolute atomic E-state index is 0.140. The van der Waals surface area contributed by atoms with E-state index in [4.69, 9.17) is 4.74 Å². The monoisotopic (exact) mass is 370 g/mol. The largest absolute Gasteiger partial charge is 0.383 e. The normalized spacial score (nSPS) is 16.4. The van der Waals surface area contributed by atoms with Crippen molar-refractivity contribution in [2.75, 3.05) is 50.2 Å². The van der Waals surface area contributed by atoms with Crippen LogP contribution in [0.2, 0.25) is 0 Å². The fourth-order valence-corrected chi connectivity index (χ4v) is 3.30. The Kier molecular flexibility index (Phi) is 6.54. The van der Waals surface area contributed by atoms with Crippen LogP contribution in [0.25, 0.3) is 0 Å². The molecule has 2 aromatic rings. The Morgan fingerprint density at radius 2 is 2.30 bits per heavy atom. The lowest BCUT2D eigenvalue weighted by molar-refractivity contribution is 0.0937. The van der Waals surface area contributed by atoms with Crippen LogP contribution < -0.4 is 15.1 Å². The number of likely N-dealkylation sites (N-methyl/N-ethyl adjacent to an activating group) is 1. The van der Waals surface area contributed by atoms with E-state index in [9.17, 15) is 4.79 Å². The van der Waals surface area contributed by atoms with E-state index in [-0.39, 0.29) is 5.91 Å². The van der Waals surface area contributed by atoms with Gasteiger partial charge in [-0.25, -0.2) is 4.98 Å². The summed E-state index contributed by atoms with van der Waals surface area (Å²) in [5.74, 6) is 1.62. The second-order valence-corrected chi connectivity index (χ2v) is 6.61. The zero-order chi connectivity index (χ0) is 19.1. The first-order valence-electron chi connectivity index (χ1n) is 9.17. The molecule has 0 aromatic carbocycles. The van der Waals surface area contributed by atoms with E-state index < -0.39 is 0 Å². The number of nitrogens with zero attached hydrogens (tertiary/aromatic N) is 5. The minimum atomic E-state index is -0.140. The van der Waals surface area contributed by atoms with Crippen LogP contribution in [-0.2, 0) is 4.74 Å². The van der Waals surface area contributed by atoms with Crippen molar-refractivity contribution in [2.45, 2.75) is 18.9 Å². The Labute approximate surface area is 159 Å². The third-order valence-electron chi connectivity index (χ3n) is 4.71. The molecule has 1 aliphatic rings. The summed E-state index contributed by atoms with van der Waals surface area (Å²) in [7, 11) is 3.63. The first kappa shape index (κ1) is 19.0. The number of pyridine rings is 1. The van der Waals surface area contributed by atoms with E-state index in [1.165, 1.54) is 0 Å². The Morgan fingerprint density at radius 3 is 3.00 bits per heavy atom. The van der Waals surface area contributed by atoms with Crippen LogP contribution in [0.4, 0.5) is 11.6 Å². The summed E-state index contributed by atoms with van der Waals surface area (Å²) in [6.45, 7) is 2.80.